The summed E-state index contributed by atoms with van der Waals surface area (Å²) in [5, 5.41) is 10.5. The van der Waals surface area contributed by atoms with Crippen LogP contribution in [-0.4, -0.2) is 36.8 Å². The Morgan fingerprint density at radius 3 is 0.737 bits per heavy atom. The van der Waals surface area contributed by atoms with E-state index in [1.54, 1.807) is 0 Å². The van der Waals surface area contributed by atoms with Crippen molar-refractivity contribution in [2.45, 2.75) is 37.1 Å². The van der Waals surface area contributed by atoms with E-state index in [0.29, 0.717) is 0 Å². The number of aliphatic hydroxyl groups is 2. The topological polar surface area (TPSA) is 103 Å². The third-order valence-electron chi connectivity index (χ3n) is 0. The summed E-state index contributed by atoms with van der Waals surface area (Å²) in [5.74, 6) is 0. The van der Waals surface area contributed by atoms with Crippen LogP contribution in [0.5, 0.6) is 0 Å². The molecule has 0 saturated carbocycles. The van der Waals surface area contributed by atoms with E-state index >= 15 is 0 Å². The molecule has 0 atom stereocenters. The van der Waals surface area contributed by atoms with Crippen molar-refractivity contribution in [3.8, 4) is 0 Å². The summed E-state index contributed by atoms with van der Waals surface area (Å²) in [5.41, 5.74) is 6.25. The Hall–Kier alpha value is 6.26. The van der Waals surface area contributed by atoms with Crippen LogP contribution in [0.15, 0.2) is 0 Å². The molecule has 2 radical (unpaired) electrons. The van der Waals surface area contributed by atoms with E-state index in [-0.39, 0.29) is 232 Å². The van der Waals surface area contributed by atoms with Crippen LogP contribution in [0, 0.1) is 139 Å². The summed E-state index contributed by atoms with van der Waals surface area (Å²) >= 11 is 0. The zero-order chi connectivity index (χ0) is 10.7. The van der Waals surface area contributed by atoms with E-state index in [9.17, 15) is 0 Å². The van der Waals surface area contributed by atoms with Crippen molar-refractivity contribution in [2.24, 2.45) is 0 Å². The Bertz CT molecular complexity index is 49.5. The van der Waals surface area contributed by atoms with Gasteiger partial charge < -0.3 is 36.0 Å². The molecule has 0 fully saturated rings. The van der Waals surface area contributed by atoms with Gasteiger partial charge in [0, 0.05) is 204 Å². The molecule has 0 aromatic carbocycles. The van der Waals surface area contributed by atoms with Gasteiger partial charge in [0.1, 0.15) is 0 Å². The van der Waals surface area contributed by atoms with Gasteiger partial charge in [-0.05, 0) is 0 Å². The minimum absolute atomic E-state index is 0. The average molecular weight is 1340 g/mol. The third kappa shape index (κ3) is 307. The summed E-state index contributed by atoms with van der Waals surface area (Å²) < 4.78 is 21.5. The van der Waals surface area contributed by atoms with E-state index in [0.717, 1.165) is 7.11 Å². The van der Waals surface area contributed by atoms with Gasteiger partial charge in [0.2, 0.25) is 2.86 Å². The zero-order valence-corrected chi connectivity index (χ0v) is 30.7. The Labute approximate surface area is 276 Å². The molecule has 0 aromatic rings. The maximum Gasteiger partial charge on any atom is 0.210 e. The smallest absolute Gasteiger partial charge is 0.210 e. The quantitative estimate of drug-likeness (QED) is 0.361. The van der Waals surface area contributed by atoms with Crippen LogP contribution in [0.4, 0.5) is 0 Å². The number of hydrogen-bond acceptors (Lipinski definition) is 2. The SMILES string of the molecule is C.C.C.C.C.CO.O.[2H]O.[2H]OC.[2H][CH2-].[2H][CH2-].[U].[U].[U].[U].[Y].[Y]. The molecule has 0 saturated heterocycles. The van der Waals surface area contributed by atoms with Crippen LogP contribution in [0.25, 0.3) is 0 Å². The van der Waals surface area contributed by atoms with Crippen LogP contribution in [-0.2, 0) is 65.4 Å². The second-order valence-corrected chi connectivity index (χ2v) is 0. The van der Waals surface area contributed by atoms with Crippen molar-refractivity contribution in [1.82, 2.24) is 0 Å². The first-order valence-electron chi connectivity index (χ1n) is 3.13. The fourth-order valence-corrected chi connectivity index (χ4v) is 0. The fraction of sp³-hybridized carbons (Fsp3) is 0.778. The minimum atomic E-state index is 0. The molecule has 0 spiro atoms. The van der Waals surface area contributed by atoms with Crippen molar-refractivity contribution in [1.29, 1.82) is 1.43 Å². The van der Waals surface area contributed by atoms with Gasteiger partial charge in [0.15, 0.2) is 0 Å². The largest absolute Gasteiger partial charge is 0.412 e. The van der Waals surface area contributed by atoms with Crippen molar-refractivity contribution < 1.29 is 215 Å². The summed E-state index contributed by atoms with van der Waals surface area (Å²) in [4.78, 5) is 0. The second-order valence-electron chi connectivity index (χ2n) is 0. The maximum atomic E-state index is 7.00. The van der Waals surface area contributed by atoms with Crippen molar-refractivity contribution in [3.05, 3.63) is 14.8 Å². The number of rotatable bonds is 0. The van der Waals surface area contributed by atoms with Crippen LogP contribution in [0.1, 0.15) is 41.3 Å². The maximum absolute atomic E-state index is 7.00. The molecule has 0 bridgehead atoms. The molecule has 19 heavy (non-hydrogen) atoms. The standard InChI is InChI=1S/2CH4O.5CH4.2CH3.2H2O.4U.2Y/c2*1-2;;;;;;;;;;;;;;;/h2*2H,1H3;5*1H4;2*1H3;2*1H2;;;;;;/q;;;;;;;2*-1;;;;;;;;/i2D;;;;;;;2*1D;;;;;;;;/hD. The van der Waals surface area contributed by atoms with Crippen LogP contribution >= 0.6 is 0 Å². The van der Waals surface area contributed by atoms with Gasteiger partial charge in [0.25, 0.3) is 0 Å². The Kier molecular flexibility index (Phi) is 1750. The predicted molar refractivity (Wildman–Crippen MR) is 70.0 cm³/mol. The first kappa shape index (κ1) is 98.9. The van der Waals surface area contributed by atoms with E-state index in [1.165, 1.54) is 7.11 Å². The molecule has 0 heterocycles. The number of aliphatic hydroxyl groups excluding tert-OH is 2. The molecule has 0 aliphatic heterocycles. The molecule has 0 aliphatic carbocycles. The van der Waals surface area contributed by atoms with Crippen LogP contribution < -0.4 is 0 Å². The monoisotopic (exact) mass is 1340 g/mol. The van der Waals surface area contributed by atoms with Gasteiger partial charge in [-0.3, -0.25) is 0 Å². The Morgan fingerprint density at radius 2 is 0.737 bits per heavy atom. The summed E-state index contributed by atoms with van der Waals surface area (Å²) in [6, 6.07) is 0. The van der Waals surface area contributed by atoms with Gasteiger partial charge in [-0.1, -0.05) is 37.1 Å². The van der Waals surface area contributed by atoms with E-state index < -0.39 is 0 Å². The van der Waals surface area contributed by atoms with Gasteiger partial charge in [-0.15, -0.1) is 0 Å². The van der Waals surface area contributed by atoms with Crippen molar-refractivity contribution >= 4 is 0 Å². The molecule has 0 aliphatic rings. The normalized spacial score (nSPS) is 2.42. The zero-order valence-electron chi connectivity index (χ0n) is 12.4. The molecule has 4 nitrogen and oxygen atoms in total. The molecule has 10 heteroatoms. The van der Waals surface area contributed by atoms with Crippen LogP contribution in [0.3, 0.4) is 0 Å². The van der Waals surface area contributed by atoms with Crippen molar-refractivity contribution in [2.75, 3.05) is 14.2 Å². The predicted octanol–water partition coefficient (Wildman–Crippen LogP) is 1.64. The third-order valence-corrected chi connectivity index (χ3v) is 0. The van der Waals surface area contributed by atoms with Crippen molar-refractivity contribution in [3.63, 3.8) is 0 Å². The minimum Gasteiger partial charge on any atom is -0.412 e. The summed E-state index contributed by atoms with van der Waals surface area (Å²) in [6.07, 6.45) is 0. The molecular weight excluding hydrogens is 1300 g/mol. The average Bonchev–Trinajstić information content (AvgIpc) is 2.18. The van der Waals surface area contributed by atoms with Gasteiger partial charge in [-0.2, -0.15) is 0 Å². The molecular formula is C9H38O4U4Y2-2. The fourth-order valence-electron chi connectivity index (χ4n) is 0. The van der Waals surface area contributed by atoms with E-state index in [1.807, 2.05) is 0 Å². The van der Waals surface area contributed by atoms with Gasteiger partial charge >= 0.3 is 0 Å². The van der Waals surface area contributed by atoms with Gasteiger partial charge in [0.05, 0.1) is 0 Å². The molecule has 0 unspecified atom stereocenters. The molecule has 6 N–H and O–H groups in total. The molecule has 0 amide bonds. The van der Waals surface area contributed by atoms with E-state index in [2.05, 4.69) is 19.9 Å². The second kappa shape index (κ2) is 335. The van der Waals surface area contributed by atoms with Gasteiger partial charge in [-0.25, -0.2) is 2.74 Å². The Morgan fingerprint density at radius 1 is 0.737 bits per heavy atom. The number of hydrogen-bond donors (Lipinski definition) is 2. The first-order valence-corrected chi connectivity index (χ1v) is 0.855. The summed E-state index contributed by atoms with van der Waals surface area (Å²) in [6.45, 7) is 0. The first-order chi connectivity index (χ1) is 5.41. The molecule has 0 rings (SSSR count). The molecule has 0 aromatic heterocycles. The summed E-state index contributed by atoms with van der Waals surface area (Å²) in [7, 11) is 7.29. The Balaban J connectivity index is -0.00000000116. The van der Waals surface area contributed by atoms with E-state index in [4.69, 9.17) is 16.2 Å². The molecule has 122 valence electrons. The van der Waals surface area contributed by atoms with Crippen LogP contribution in [0.2, 0.25) is 0 Å².